The van der Waals surface area contributed by atoms with Crippen molar-refractivity contribution in [2.45, 2.75) is 12.6 Å². The van der Waals surface area contributed by atoms with Crippen LogP contribution < -0.4 is 10.2 Å². The minimum Gasteiger partial charge on any atom is -0.347 e. The predicted octanol–water partition coefficient (Wildman–Crippen LogP) is 2.41. The zero-order chi connectivity index (χ0) is 13.3. The lowest BCUT2D eigenvalue weighted by Crippen LogP contribution is -2.46. The standard InChI is InChI=1S/C14H15ClN4/c1-14(11-3-2-6-16-9-11)18-7-8-19(14)12-4-5-13(15)17-10-12/h2-6,9-10,18H,7-8H2,1H3. The van der Waals surface area contributed by atoms with Gasteiger partial charge in [0.1, 0.15) is 10.8 Å². The number of anilines is 1. The van der Waals surface area contributed by atoms with Gasteiger partial charge in [0.15, 0.2) is 0 Å². The fourth-order valence-corrected chi connectivity index (χ4v) is 2.67. The molecule has 0 radical (unpaired) electrons. The van der Waals surface area contributed by atoms with E-state index in [-0.39, 0.29) is 5.66 Å². The third-order valence-corrected chi connectivity index (χ3v) is 3.82. The normalized spacial score (nSPS) is 22.7. The van der Waals surface area contributed by atoms with Gasteiger partial charge in [0, 0.05) is 31.0 Å². The van der Waals surface area contributed by atoms with Gasteiger partial charge in [-0.2, -0.15) is 0 Å². The first-order chi connectivity index (χ1) is 9.20. The molecular weight excluding hydrogens is 260 g/mol. The van der Waals surface area contributed by atoms with Crippen LogP contribution in [0.5, 0.6) is 0 Å². The molecule has 2 aromatic rings. The molecule has 4 nitrogen and oxygen atoms in total. The van der Waals surface area contributed by atoms with Crippen molar-refractivity contribution in [1.29, 1.82) is 0 Å². The van der Waals surface area contributed by atoms with E-state index < -0.39 is 0 Å². The molecule has 19 heavy (non-hydrogen) atoms. The highest BCUT2D eigenvalue weighted by molar-refractivity contribution is 6.29. The number of hydrogen-bond acceptors (Lipinski definition) is 4. The van der Waals surface area contributed by atoms with Crippen LogP contribution in [-0.2, 0) is 5.66 Å². The van der Waals surface area contributed by atoms with E-state index in [1.165, 1.54) is 0 Å². The molecule has 98 valence electrons. The maximum Gasteiger partial charge on any atom is 0.129 e. The molecule has 3 rings (SSSR count). The third kappa shape index (κ3) is 2.17. The van der Waals surface area contributed by atoms with Gasteiger partial charge in [-0.1, -0.05) is 17.7 Å². The Kier molecular flexibility index (Phi) is 3.12. The highest BCUT2D eigenvalue weighted by atomic mass is 35.5. The second-order valence-corrected chi connectivity index (χ2v) is 5.12. The number of halogens is 1. The molecule has 0 spiro atoms. The first-order valence-corrected chi connectivity index (χ1v) is 6.63. The lowest BCUT2D eigenvalue weighted by molar-refractivity contribution is 0.434. The molecule has 0 bridgehead atoms. The second kappa shape index (κ2) is 4.79. The Hall–Kier alpha value is -1.65. The summed E-state index contributed by atoms with van der Waals surface area (Å²) in [6.45, 7) is 4.01. The largest absolute Gasteiger partial charge is 0.347 e. The van der Waals surface area contributed by atoms with Crippen LogP contribution in [0.25, 0.3) is 0 Å². The summed E-state index contributed by atoms with van der Waals surface area (Å²) in [5, 5.41) is 4.05. The molecule has 0 aliphatic carbocycles. The number of nitrogens with zero attached hydrogens (tertiary/aromatic N) is 3. The zero-order valence-corrected chi connectivity index (χ0v) is 11.4. The Labute approximate surface area is 117 Å². The number of hydrogen-bond donors (Lipinski definition) is 1. The molecule has 3 heterocycles. The molecule has 1 saturated heterocycles. The van der Waals surface area contributed by atoms with E-state index in [4.69, 9.17) is 11.6 Å². The molecule has 0 saturated carbocycles. The van der Waals surface area contributed by atoms with Gasteiger partial charge in [-0.25, -0.2) is 4.98 Å². The van der Waals surface area contributed by atoms with Crippen LogP contribution in [-0.4, -0.2) is 23.1 Å². The van der Waals surface area contributed by atoms with Gasteiger partial charge in [0.25, 0.3) is 0 Å². The predicted molar refractivity (Wildman–Crippen MR) is 76.2 cm³/mol. The molecule has 1 N–H and O–H groups in total. The number of pyridine rings is 2. The van der Waals surface area contributed by atoms with E-state index in [9.17, 15) is 0 Å². The van der Waals surface area contributed by atoms with Crippen molar-refractivity contribution < 1.29 is 0 Å². The quantitative estimate of drug-likeness (QED) is 0.854. The van der Waals surface area contributed by atoms with Crippen LogP contribution in [0.3, 0.4) is 0 Å². The summed E-state index contributed by atoms with van der Waals surface area (Å²) in [4.78, 5) is 10.7. The van der Waals surface area contributed by atoms with Crippen molar-refractivity contribution in [3.05, 3.63) is 53.6 Å². The summed E-state index contributed by atoms with van der Waals surface area (Å²) in [5.41, 5.74) is 1.94. The van der Waals surface area contributed by atoms with E-state index in [2.05, 4.69) is 33.2 Å². The van der Waals surface area contributed by atoms with Crippen molar-refractivity contribution in [3.8, 4) is 0 Å². The van der Waals surface area contributed by atoms with Crippen LogP contribution in [0.2, 0.25) is 5.15 Å². The van der Waals surface area contributed by atoms with Crippen molar-refractivity contribution in [1.82, 2.24) is 15.3 Å². The molecule has 2 aromatic heterocycles. The summed E-state index contributed by atoms with van der Waals surface area (Å²) in [7, 11) is 0. The first-order valence-electron chi connectivity index (χ1n) is 6.25. The minimum atomic E-state index is -0.260. The van der Waals surface area contributed by atoms with Crippen molar-refractivity contribution in [2.24, 2.45) is 0 Å². The van der Waals surface area contributed by atoms with E-state index in [1.54, 1.807) is 6.20 Å². The number of aromatic nitrogens is 2. The average Bonchev–Trinajstić information content (AvgIpc) is 2.84. The Morgan fingerprint density at radius 2 is 2.21 bits per heavy atom. The van der Waals surface area contributed by atoms with Crippen molar-refractivity contribution in [3.63, 3.8) is 0 Å². The van der Waals surface area contributed by atoms with Crippen molar-refractivity contribution >= 4 is 17.3 Å². The Morgan fingerprint density at radius 3 is 2.89 bits per heavy atom. The average molecular weight is 275 g/mol. The Morgan fingerprint density at radius 1 is 1.32 bits per heavy atom. The molecule has 0 aromatic carbocycles. The molecular formula is C14H15ClN4. The monoisotopic (exact) mass is 274 g/mol. The first kappa shape index (κ1) is 12.4. The van der Waals surface area contributed by atoms with Crippen LogP contribution in [0, 0.1) is 0 Å². The van der Waals surface area contributed by atoms with E-state index in [0.717, 1.165) is 24.3 Å². The van der Waals surface area contributed by atoms with E-state index >= 15 is 0 Å². The molecule has 1 fully saturated rings. The summed E-state index contributed by atoms with van der Waals surface area (Å²) >= 11 is 5.85. The fourth-order valence-electron chi connectivity index (χ4n) is 2.55. The van der Waals surface area contributed by atoms with Crippen LogP contribution in [0.1, 0.15) is 12.5 Å². The fraction of sp³-hybridized carbons (Fsp3) is 0.286. The van der Waals surface area contributed by atoms with Gasteiger partial charge in [-0.3, -0.25) is 10.3 Å². The maximum absolute atomic E-state index is 5.85. The lowest BCUT2D eigenvalue weighted by Gasteiger charge is -2.36. The summed E-state index contributed by atoms with van der Waals surface area (Å²) in [5.74, 6) is 0. The SMILES string of the molecule is CC1(c2cccnc2)NCCN1c1ccc(Cl)nc1. The van der Waals surface area contributed by atoms with Crippen LogP contribution >= 0.6 is 11.6 Å². The van der Waals surface area contributed by atoms with E-state index in [0.29, 0.717) is 5.15 Å². The summed E-state index contributed by atoms with van der Waals surface area (Å²) in [6.07, 6.45) is 5.49. The Bertz CT molecular complexity index is 557. The van der Waals surface area contributed by atoms with Gasteiger partial charge in [-0.05, 0) is 25.1 Å². The Balaban J connectivity index is 1.99. The van der Waals surface area contributed by atoms with Crippen LogP contribution in [0.15, 0.2) is 42.9 Å². The molecule has 1 aliphatic heterocycles. The topological polar surface area (TPSA) is 41.1 Å². The zero-order valence-electron chi connectivity index (χ0n) is 10.7. The summed E-state index contributed by atoms with van der Waals surface area (Å²) < 4.78 is 0. The molecule has 1 unspecified atom stereocenters. The molecule has 1 aliphatic rings. The molecule has 1 atom stereocenters. The highest BCUT2D eigenvalue weighted by Gasteiger charge is 2.38. The maximum atomic E-state index is 5.85. The van der Waals surface area contributed by atoms with E-state index in [1.807, 2.05) is 30.6 Å². The van der Waals surface area contributed by atoms with Gasteiger partial charge >= 0.3 is 0 Å². The third-order valence-electron chi connectivity index (χ3n) is 3.59. The second-order valence-electron chi connectivity index (χ2n) is 4.73. The number of nitrogens with one attached hydrogen (secondary N) is 1. The van der Waals surface area contributed by atoms with Gasteiger partial charge in [-0.15, -0.1) is 0 Å². The lowest BCUT2D eigenvalue weighted by atomic mass is 10.0. The van der Waals surface area contributed by atoms with Crippen molar-refractivity contribution in [2.75, 3.05) is 18.0 Å². The molecule has 0 amide bonds. The van der Waals surface area contributed by atoms with Gasteiger partial charge < -0.3 is 4.90 Å². The smallest absolute Gasteiger partial charge is 0.129 e. The highest BCUT2D eigenvalue weighted by Crippen LogP contribution is 2.33. The van der Waals surface area contributed by atoms with Gasteiger partial charge in [0.05, 0.1) is 11.9 Å². The summed E-state index contributed by atoms with van der Waals surface area (Å²) in [6, 6.07) is 7.86. The minimum absolute atomic E-state index is 0.260. The van der Waals surface area contributed by atoms with Gasteiger partial charge in [0.2, 0.25) is 0 Å². The van der Waals surface area contributed by atoms with Crippen LogP contribution in [0.4, 0.5) is 5.69 Å². The number of rotatable bonds is 2. The molecule has 5 heteroatoms.